The summed E-state index contributed by atoms with van der Waals surface area (Å²) in [5.74, 6) is 1.65. The van der Waals surface area contributed by atoms with Crippen molar-refractivity contribution in [1.29, 1.82) is 0 Å². The van der Waals surface area contributed by atoms with Crippen molar-refractivity contribution in [2.45, 2.75) is 44.9 Å². The number of thiophene rings is 1. The predicted molar refractivity (Wildman–Crippen MR) is 139 cm³/mol. The first-order valence-corrected chi connectivity index (χ1v) is 12.9. The fourth-order valence-electron chi connectivity index (χ4n) is 4.50. The quantitative estimate of drug-likeness (QED) is 0.294. The maximum atomic E-state index is 12.9. The maximum Gasteiger partial charge on any atom is 0.227 e. The number of pyridine rings is 1. The predicted octanol–water partition coefficient (Wildman–Crippen LogP) is 6.32. The van der Waals surface area contributed by atoms with Crippen molar-refractivity contribution < 1.29 is 4.79 Å². The van der Waals surface area contributed by atoms with Gasteiger partial charge >= 0.3 is 0 Å². The van der Waals surface area contributed by atoms with Gasteiger partial charge in [-0.15, -0.1) is 11.3 Å². The number of nitrogens with zero attached hydrogens (tertiary/aromatic N) is 3. The number of hydrogen-bond acceptors (Lipinski definition) is 6. The van der Waals surface area contributed by atoms with Gasteiger partial charge in [-0.05, 0) is 43.4 Å². The van der Waals surface area contributed by atoms with Gasteiger partial charge in [-0.1, -0.05) is 49.6 Å². The molecule has 3 aromatic heterocycles. The van der Waals surface area contributed by atoms with Gasteiger partial charge < -0.3 is 10.6 Å². The molecule has 1 aromatic carbocycles. The summed E-state index contributed by atoms with van der Waals surface area (Å²) in [6.07, 6.45) is 10.9. The summed E-state index contributed by atoms with van der Waals surface area (Å²) in [4.78, 5) is 26.7. The number of aromatic nitrogens is 3. The number of benzene rings is 1. The Kier molecular flexibility index (Phi) is 7.10. The second-order valence-electron chi connectivity index (χ2n) is 8.80. The van der Waals surface area contributed by atoms with Crippen LogP contribution in [0.25, 0.3) is 21.6 Å². The lowest BCUT2D eigenvalue weighted by Crippen LogP contribution is -2.24. The topological polar surface area (TPSA) is 79.8 Å². The van der Waals surface area contributed by atoms with Crippen LogP contribution in [0, 0.1) is 5.92 Å². The molecule has 0 spiro atoms. The van der Waals surface area contributed by atoms with Crippen molar-refractivity contribution in [3.05, 3.63) is 65.8 Å². The number of carbonyl (C=O) groups is 1. The first-order chi connectivity index (χ1) is 16.8. The minimum Gasteiger partial charge on any atom is -0.369 e. The van der Waals surface area contributed by atoms with Gasteiger partial charge in [0.1, 0.15) is 11.3 Å². The normalized spacial score (nSPS) is 14.2. The average Bonchev–Trinajstić information content (AvgIpc) is 3.31. The number of rotatable bonds is 8. The van der Waals surface area contributed by atoms with E-state index in [0.717, 1.165) is 72.4 Å². The van der Waals surface area contributed by atoms with Crippen LogP contribution in [0.2, 0.25) is 0 Å². The monoisotopic (exact) mass is 471 g/mol. The number of hydrogen-bond donors (Lipinski definition) is 2. The fraction of sp³-hybridized carbons (Fsp3) is 0.333. The van der Waals surface area contributed by atoms with Gasteiger partial charge in [0.15, 0.2) is 5.82 Å². The van der Waals surface area contributed by atoms with E-state index in [2.05, 4.69) is 39.9 Å². The smallest absolute Gasteiger partial charge is 0.227 e. The molecule has 1 fully saturated rings. The van der Waals surface area contributed by atoms with E-state index in [9.17, 15) is 4.79 Å². The first-order valence-electron chi connectivity index (χ1n) is 12.1. The summed E-state index contributed by atoms with van der Waals surface area (Å²) in [6.45, 7) is 0.804. The van der Waals surface area contributed by atoms with Crippen molar-refractivity contribution in [2.24, 2.45) is 5.92 Å². The number of amides is 1. The van der Waals surface area contributed by atoms with E-state index >= 15 is 0 Å². The van der Waals surface area contributed by atoms with Crippen LogP contribution in [0.3, 0.4) is 0 Å². The van der Waals surface area contributed by atoms with Gasteiger partial charge in [-0.2, -0.15) is 0 Å². The Hall–Kier alpha value is -3.32. The highest BCUT2D eigenvalue weighted by Gasteiger charge is 2.23. The van der Waals surface area contributed by atoms with Crippen LogP contribution in [-0.2, 0) is 11.2 Å². The highest BCUT2D eigenvalue weighted by molar-refractivity contribution is 7.18. The molecule has 6 nitrogen and oxygen atoms in total. The standard InChI is InChI=1S/C27H29N5OS/c33-27(21-11-5-2-6-12-21)30-22-18-34-24-23(22)31-25(20-13-16-28-17-14-20)32-26(24)29-15-7-10-19-8-3-1-4-9-19/h1,3-4,8-9,13-14,16-18,21H,2,5-7,10-12,15H2,(H,30,33)(H,29,31,32). The van der Waals surface area contributed by atoms with Gasteiger partial charge in [0.2, 0.25) is 5.91 Å². The molecule has 5 rings (SSSR count). The van der Waals surface area contributed by atoms with E-state index in [1.807, 2.05) is 23.6 Å². The molecule has 0 bridgehead atoms. The molecule has 0 saturated heterocycles. The molecule has 1 saturated carbocycles. The van der Waals surface area contributed by atoms with E-state index in [4.69, 9.17) is 9.97 Å². The molecule has 1 aliphatic rings. The molecule has 174 valence electrons. The highest BCUT2D eigenvalue weighted by atomic mass is 32.1. The molecule has 0 radical (unpaired) electrons. The molecule has 7 heteroatoms. The van der Waals surface area contributed by atoms with E-state index in [1.54, 1.807) is 23.7 Å². The molecule has 0 unspecified atom stereocenters. The second-order valence-corrected chi connectivity index (χ2v) is 9.68. The van der Waals surface area contributed by atoms with Crippen molar-refractivity contribution >= 4 is 39.0 Å². The summed E-state index contributed by atoms with van der Waals surface area (Å²) in [5, 5.41) is 8.69. The Morgan fingerprint density at radius 3 is 2.59 bits per heavy atom. The minimum atomic E-state index is 0.0980. The van der Waals surface area contributed by atoms with Crippen LogP contribution < -0.4 is 10.6 Å². The summed E-state index contributed by atoms with van der Waals surface area (Å²) < 4.78 is 0.969. The zero-order chi connectivity index (χ0) is 23.2. The van der Waals surface area contributed by atoms with Gasteiger partial charge in [0.05, 0.1) is 10.4 Å². The van der Waals surface area contributed by atoms with Gasteiger partial charge in [0, 0.05) is 35.8 Å². The largest absolute Gasteiger partial charge is 0.369 e. The fourth-order valence-corrected chi connectivity index (χ4v) is 5.40. The Bertz CT molecular complexity index is 1240. The van der Waals surface area contributed by atoms with Crippen LogP contribution in [0.4, 0.5) is 11.5 Å². The molecule has 2 N–H and O–H groups in total. The lowest BCUT2D eigenvalue weighted by Gasteiger charge is -2.20. The number of anilines is 2. The van der Waals surface area contributed by atoms with E-state index < -0.39 is 0 Å². The van der Waals surface area contributed by atoms with Crippen LogP contribution >= 0.6 is 11.3 Å². The molecule has 4 aromatic rings. The Balaban J connectivity index is 1.39. The molecular formula is C27H29N5OS. The van der Waals surface area contributed by atoms with Crippen LogP contribution in [0.1, 0.15) is 44.1 Å². The summed E-state index contributed by atoms with van der Waals surface area (Å²) >= 11 is 1.57. The van der Waals surface area contributed by atoms with E-state index in [1.165, 1.54) is 12.0 Å². The third-order valence-electron chi connectivity index (χ3n) is 6.37. The van der Waals surface area contributed by atoms with E-state index in [0.29, 0.717) is 5.82 Å². The molecule has 1 amide bonds. The van der Waals surface area contributed by atoms with Crippen molar-refractivity contribution in [3.8, 4) is 11.4 Å². The maximum absolute atomic E-state index is 12.9. The summed E-state index contributed by atoms with van der Waals surface area (Å²) in [5.41, 5.74) is 3.81. The van der Waals surface area contributed by atoms with Gasteiger partial charge in [-0.3, -0.25) is 9.78 Å². The van der Waals surface area contributed by atoms with E-state index in [-0.39, 0.29) is 11.8 Å². The van der Waals surface area contributed by atoms with Gasteiger partial charge in [0.25, 0.3) is 0 Å². The highest BCUT2D eigenvalue weighted by Crippen LogP contribution is 2.36. The number of fused-ring (bicyclic) bond motifs is 1. The van der Waals surface area contributed by atoms with Crippen molar-refractivity contribution in [2.75, 3.05) is 17.2 Å². The molecule has 34 heavy (non-hydrogen) atoms. The first kappa shape index (κ1) is 22.5. The van der Waals surface area contributed by atoms with Crippen molar-refractivity contribution in [1.82, 2.24) is 15.0 Å². The zero-order valence-corrected chi connectivity index (χ0v) is 20.0. The average molecular weight is 472 g/mol. The molecule has 3 heterocycles. The molecule has 1 aliphatic carbocycles. The Labute approximate surface area is 203 Å². The minimum absolute atomic E-state index is 0.0980. The second kappa shape index (κ2) is 10.7. The SMILES string of the molecule is O=C(Nc1csc2c(NCCCc3ccccc3)nc(-c3ccncc3)nc12)C1CCCCC1. The number of carbonyl (C=O) groups excluding carboxylic acids is 1. The summed E-state index contributed by atoms with van der Waals surface area (Å²) in [6, 6.07) is 14.3. The number of aryl methyl sites for hydroxylation is 1. The number of nitrogens with one attached hydrogen (secondary N) is 2. The van der Waals surface area contributed by atoms with Crippen molar-refractivity contribution in [3.63, 3.8) is 0 Å². The zero-order valence-electron chi connectivity index (χ0n) is 19.2. The van der Waals surface area contributed by atoms with Crippen LogP contribution in [-0.4, -0.2) is 27.4 Å². The molecular weight excluding hydrogens is 442 g/mol. The van der Waals surface area contributed by atoms with Crippen LogP contribution in [0.15, 0.2) is 60.2 Å². The Morgan fingerprint density at radius 1 is 1.00 bits per heavy atom. The molecule has 0 aliphatic heterocycles. The van der Waals surface area contributed by atoms with Crippen LogP contribution in [0.5, 0.6) is 0 Å². The lowest BCUT2D eigenvalue weighted by molar-refractivity contribution is -0.120. The third kappa shape index (κ3) is 5.25. The lowest BCUT2D eigenvalue weighted by atomic mass is 9.88. The molecule has 0 atom stereocenters. The van der Waals surface area contributed by atoms with Gasteiger partial charge in [-0.25, -0.2) is 9.97 Å². The third-order valence-corrected chi connectivity index (χ3v) is 7.34. The Morgan fingerprint density at radius 2 is 1.79 bits per heavy atom. The summed E-state index contributed by atoms with van der Waals surface area (Å²) in [7, 11) is 0.